The van der Waals surface area contributed by atoms with Gasteiger partial charge in [0.15, 0.2) is 5.52 Å². The van der Waals surface area contributed by atoms with Gasteiger partial charge in [-0.05, 0) is 66.2 Å². The van der Waals surface area contributed by atoms with Crippen molar-refractivity contribution < 1.29 is 18.1 Å². The Bertz CT molecular complexity index is 1420. The molecule has 4 aromatic rings. The Morgan fingerprint density at radius 1 is 1.09 bits per heavy atom. The fourth-order valence-corrected chi connectivity index (χ4v) is 5.43. The first-order valence-corrected chi connectivity index (χ1v) is 13.4. The van der Waals surface area contributed by atoms with Crippen LogP contribution in [0.15, 0.2) is 59.8 Å². The van der Waals surface area contributed by atoms with Crippen LogP contribution in [0, 0.1) is 5.92 Å². The van der Waals surface area contributed by atoms with Crippen molar-refractivity contribution in [2.45, 2.75) is 37.0 Å². The van der Waals surface area contributed by atoms with E-state index in [4.69, 9.17) is 16.3 Å². The van der Waals surface area contributed by atoms with Crippen molar-refractivity contribution in [2.24, 2.45) is 5.92 Å². The van der Waals surface area contributed by atoms with Crippen molar-refractivity contribution in [1.82, 2.24) is 15.0 Å². The number of imidazole rings is 1. The summed E-state index contributed by atoms with van der Waals surface area (Å²) in [5, 5.41) is 3.62. The topological polar surface area (TPSA) is 123 Å². The quantitative estimate of drug-likeness (QED) is 0.307. The number of nitrogens with zero attached hydrogens (tertiary/aromatic N) is 2. The molecular formula is C24H26ClN6O3S+. The molecule has 0 unspecified atom stereocenters. The molecule has 1 aliphatic rings. The van der Waals surface area contributed by atoms with Crippen LogP contribution in [0.2, 0.25) is 5.02 Å². The Balaban J connectivity index is 1.30. The van der Waals surface area contributed by atoms with Gasteiger partial charge in [0.25, 0.3) is 21.6 Å². The number of hydrogen-bond donors (Lipinski definition) is 3. The van der Waals surface area contributed by atoms with Crippen molar-refractivity contribution in [1.29, 1.82) is 0 Å². The highest BCUT2D eigenvalue weighted by molar-refractivity contribution is 7.92. The smallest absolute Gasteiger partial charge is 0.399 e. The highest BCUT2D eigenvalue weighted by Gasteiger charge is 2.21. The number of H-pyrrole nitrogens is 2. The number of sulfonamides is 1. The molecule has 0 spiro atoms. The minimum atomic E-state index is -3.76. The predicted octanol–water partition coefficient (Wildman–Crippen LogP) is 4.93. The van der Waals surface area contributed by atoms with Gasteiger partial charge in [-0.25, -0.2) is 23.7 Å². The number of halogens is 1. The van der Waals surface area contributed by atoms with E-state index < -0.39 is 10.0 Å². The summed E-state index contributed by atoms with van der Waals surface area (Å²) in [6.45, 7) is 0.639. The summed E-state index contributed by atoms with van der Waals surface area (Å²) in [4.78, 5) is 15.1. The SMILES string of the molecule is O=S(=O)(Nc1cccc(Cl)c1)c1ccc(Nc2nc3nc[nH]c3c(OCC3CCCCC3)[nH+]2)cc1. The number of anilines is 3. The van der Waals surface area contributed by atoms with Crippen LogP contribution in [0.1, 0.15) is 32.1 Å². The second-order valence-electron chi connectivity index (χ2n) is 8.60. The molecule has 5 rings (SSSR count). The van der Waals surface area contributed by atoms with Gasteiger partial charge in [-0.1, -0.05) is 36.9 Å². The van der Waals surface area contributed by atoms with E-state index in [0.29, 0.717) is 51.9 Å². The molecule has 182 valence electrons. The molecule has 1 saturated carbocycles. The number of ether oxygens (including phenoxy) is 1. The number of aromatic nitrogens is 4. The Morgan fingerprint density at radius 3 is 2.66 bits per heavy atom. The largest absolute Gasteiger partial charge is 0.466 e. The third-order valence-electron chi connectivity index (χ3n) is 5.99. The lowest BCUT2D eigenvalue weighted by molar-refractivity contribution is -0.380. The molecule has 4 N–H and O–H groups in total. The predicted molar refractivity (Wildman–Crippen MR) is 134 cm³/mol. The highest BCUT2D eigenvalue weighted by Crippen LogP contribution is 2.26. The molecule has 0 radical (unpaired) electrons. The molecule has 0 aliphatic heterocycles. The molecule has 1 fully saturated rings. The number of fused-ring (bicyclic) bond motifs is 1. The number of rotatable bonds is 8. The second kappa shape index (κ2) is 10.1. The first kappa shape index (κ1) is 23.4. The lowest BCUT2D eigenvalue weighted by atomic mass is 9.90. The zero-order chi connectivity index (χ0) is 24.3. The normalized spacial score (nSPS) is 14.7. The Hall–Kier alpha value is -3.37. The van der Waals surface area contributed by atoms with Gasteiger partial charge in [-0.3, -0.25) is 4.72 Å². The van der Waals surface area contributed by atoms with E-state index in [1.807, 2.05) is 0 Å². The van der Waals surface area contributed by atoms with Crippen LogP contribution in [-0.4, -0.2) is 30.0 Å². The van der Waals surface area contributed by atoms with Gasteiger partial charge in [0, 0.05) is 5.02 Å². The van der Waals surface area contributed by atoms with Gasteiger partial charge in [0.2, 0.25) is 0 Å². The van der Waals surface area contributed by atoms with Crippen LogP contribution in [0.3, 0.4) is 0 Å². The third-order valence-corrected chi connectivity index (χ3v) is 7.62. The zero-order valence-corrected chi connectivity index (χ0v) is 20.5. The van der Waals surface area contributed by atoms with Crippen molar-refractivity contribution >= 4 is 50.1 Å². The maximum atomic E-state index is 12.7. The van der Waals surface area contributed by atoms with E-state index in [-0.39, 0.29) is 4.90 Å². The summed E-state index contributed by atoms with van der Waals surface area (Å²) in [5.74, 6) is 1.57. The minimum absolute atomic E-state index is 0.124. The monoisotopic (exact) mass is 513 g/mol. The summed E-state index contributed by atoms with van der Waals surface area (Å²) in [6, 6.07) is 12.9. The molecule has 0 bridgehead atoms. The van der Waals surface area contributed by atoms with Crippen LogP contribution in [0.5, 0.6) is 5.88 Å². The van der Waals surface area contributed by atoms with E-state index >= 15 is 0 Å². The summed E-state index contributed by atoms with van der Waals surface area (Å²) in [7, 11) is -3.76. The molecule has 0 atom stereocenters. The Kier molecular flexibility index (Phi) is 6.74. The number of aromatic amines is 2. The fourth-order valence-electron chi connectivity index (χ4n) is 4.19. The van der Waals surface area contributed by atoms with E-state index in [0.717, 1.165) is 0 Å². The third kappa shape index (κ3) is 5.66. The average Bonchev–Trinajstić information content (AvgIpc) is 3.32. The summed E-state index contributed by atoms with van der Waals surface area (Å²) >= 11 is 5.95. The van der Waals surface area contributed by atoms with Gasteiger partial charge in [0.05, 0.1) is 29.2 Å². The van der Waals surface area contributed by atoms with Crippen molar-refractivity contribution in [2.75, 3.05) is 16.6 Å². The maximum absolute atomic E-state index is 12.7. The van der Waals surface area contributed by atoms with Gasteiger partial charge in [0.1, 0.15) is 0 Å². The Morgan fingerprint density at radius 2 is 1.89 bits per heavy atom. The molecule has 0 saturated heterocycles. The minimum Gasteiger partial charge on any atom is -0.466 e. The van der Waals surface area contributed by atoms with E-state index in [1.165, 1.54) is 44.2 Å². The van der Waals surface area contributed by atoms with Crippen molar-refractivity contribution in [3.05, 3.63) is 59.9 Å². The summed E-state index contributed by atoms with van der Waals surface area (Å²) in [5.41, 5.74) is 2.28. The van der Waals surface area contributed by atoms with Crippen LogP contribution < -0.4 is 19.8 Å². The molecule has 2 aromatic carbocycles. The Labute approximate surface area is 208 Å². The number of nitrogens with one attached hydrogen (secondary N) is 4. The molecule has 2 heterocycles. The van der Waals surface area contributed by atoms with Crippen LogP contribution >= 0.6 is 11.6 Å². The van der Waals surface area contributed by atoms with E-state index in [2.05, 4.69) is 30.0 Å². The lowest BCUT2D eigenvalue weighted by Gasteiger charge is -2.21. The average molecular weight is 514 g/mol. The van der Waals surface area contributed by atoms with Gasteiger partial charge in [-0.2, -0.15) is 0 Å². The molecule has 2 aromatic heterocycles. The van der Waals surface area contributed by atoms with Gasteiger partial charge in [-0.15, -0.1) is 0 Å². The maximum Gasteiger partial charge on any atom is 0.399 e. The van der Waals surface area contributed by atoms with Crippen molar-refractivity contribution in [3.63, 3.8) is 0 Å². The van der Waals surface area contributed by atoms with Crippen LogP contribution in [0.4, 0.5) is 17.3 Å². The molecular weight excluding hydrogens is 488 g/mol. The lowest BCUT2D eigenvalue weighted by Crippen LogP contribution is -2.21. The first-order valence-electron chi connectivity index (χ1n) is 11.5. The second-order valence-corrected chi connectivity index (χ2v) is 10.7. The summed E-state index contributed by atoms with van der Waals surface area (Å²) < 4.78 is 34.1. The zero-order valence-electron chi connectivity index (χ0n) is 18.9. The number of hydrogen-bond acceptors (Lipinski definition) is 6. The van der Waals surface area contributed by atoms with Gasteiger partial charge >= 0.3 is 5.95 Å². The highest BCUT2D eigenvalue weighted by atomic mass is 35.5. The first-order chi connectivity index (χ1) is 17.0. The van der Waals surface area contributed by atoms with Gasteiger partial charge < -0.3 is 9.72 Å². The molecule has 0 amide bonds. The number of benzene rings is 2. The molecule has 1 aliphatic carbocycles. The van der Waals surface area contributed by atoms with E-state index in [1.54, 1.807) is 42.7 Å². The van der Waals surface area contributed by atoms with Crippen LogP contribution in [0.25, 0.3) is 11.2 Å². The van der Waals surface area contributed by atoms with Crippen LogP contribution in [-0.2, 0) is 10.0 Å². The molecule has 9 nitrogen and oxygen atoms in total. The fraction of sp³-hybridized carbons (Fsp3) is 0.292. The standard InChI is InChI=1S/C24H25ClN6O3S/c25-17-7-4-8-19(13-17)31-35(32,33)20-11-9-18(10-12-20)28-24-29-22-21(26-15-27-22)23(30-24)34-14-16-5-2-1-3-6-16/h4,7-13,15-16,31H,1-3,5-6,14H2,(H2,26,27,28,29,30)/p+1. The molecule has 35 heavy (non-hydrogen) atoms. The molecule has 11 heteroatoms. The van der Waals surface area contributed by atoms with E-state index in [9.17, 15) is 8.42 Å². The summed E-state index contributed by atoms with van der Waals surface area (Å²) in [6.07, 6.45) is 7.75. The van der Waals surface area contributed by atoms with Crippen molar-refractivity contribution in [3.8, 4) is 5.88 Å².